The zero-order valence-electron chi connectivity index (χ0n) is 27.3. The number of nitrogens with zero attached hydrogens (tertiary/aromatic N) is 1. The number of hydrogen-bond donors (Lipinski definition) is 5. The molecule has 1 aromatic heterocycles. The lowest BCUT2D eigenvalue weighted by Gasteiger charge is -2.28. The molecule has 6 amide bonds. The van der Waals surface area contributed by atoms with Crippen LogP contribution in [0.4, 0.5) is 15.8 Å². The molecule has 1 aliphatic rings. The number of amides is 6. The van der Waals surface area contributed by atoms with Crippen LogP contribution in [0.15, 0.2) is 36.4 Å². The average molecular weight is 659 g/mol. The molecule has 0 radical (unpaired) electrons. The number of hydrogen-bond acceptors (Lipinski definition) is 7. The van der Waals surface area contributed by atoms with E-state index in [2.05, 4.69) is 26.3 Å². The number of carbonyl (C=O) groups is 6. The number of carbonyl (C=O) groups excluding carboxylic acids is 6. The summed E-state index contributed by atoms with van der Waals surface area (Å²) in [6, 6.07) is 8.23. The molecule has 0 bridgehead atoms. The first-order valence-electron chi connectivity index (χ1n) is 15.6. The minimum Gasteiger partial charge on any atom is -0.385 e. The largest absolute Gasteiger partial charge is 0.385 e. The highest BCUT2D eigenvalue weighted by Gasteiger charge is 2.35. The molecule has 4 rings (SSSR count). The number of unbranched alkanes of at least 4 members (excludes halogenated alkanes) is 1. The highest BCUT2D eigenvalue weighted by molar-refractivity contribution is 6.08. The quantitative estimate of drug-likeness (QED) is 0.0981. The van der Waals surface area contributed by atoms with Crippen molar-refractivity contribution in [2.45, 2.75) is 59.4 Å². The van der Waals surface area contributed by atoms with Crippen molar-refractivity contribution in [1.82, 2.24) is 20.5 Å². The first kappa shape index (κ1) is 35.3. The van der Waals surface area contributed by atoms with Gasteiger partial charge in [-0.15, -0.1) is 0 Å². The maximum Gasteiger partial charge on any atom is 0.261 e. The zero-order chi connectivity index (χ0) is 35.0. The van der Waals surface area contributed by atoms with Gasteiger partial charge in [0.2, 0.25) is 24.6 Å². The van der Waals surface area contributed by atoms with Gasteiger partial charge in [-0.2, -0.15) is 0 Å². The van der Waals surface area contributed by atoms with Gasteiger partial charge in [0.15, 0.2) is 0 Å². The maximum absolute atomic E-state index is 13.9. The second-order valence-electron chi connectivity index (χ2n) is 11.6. The summed E-state index contributed by atoms with van der Waals surface area (Å²) in [6.45, 7) is 8.14. The van der Waals surface area contributed by atoms with Gasteiger partial charge in [0, 0.05) is 53.4 Å². The Labute approximate surface area is 277 Å². The number of aryl methyl sites for hydroxylation is 2. The Hall–Kier alpha value is -5.59. The Morgan fingerprint density at radius 2 is 1.77 bits per heavy atom. The van der Waals surface area contributed by atoms with Crippen molar-refractivity contribution in [3.05, 3.63) is 81.4 Å². The summed E-state index contributed by atoms with van der Waals surface area (Å²) >= 11 is 0. The molecule has 0 saturated carbocycles. The van der Waals surface area contributed by atoms with Gasteiger partial charge >= 0.3 is 0 Å². The normalized spacial score (nSPS) is 14.6. The van der Waals surface area contributed by atoms with E-state index in [1.54, 1.807) is 32.9 Å². The SMILES string of the molecule is C/C(=C\c1[nH]c(C)c(C(=O)NCCCCNc2ccc(C)c(C(=O)N(C=O)C3CCC(=O)NC3=O)c2)c1C)c1cc(F)ccc1NC=O. The smallest absolute Gasteiger partial charge is 0.261 e. The lowest BCUT2D eigenvalue weighted by molar-refractivity contribution is -0.139. The van der Waals surface area contributed by atoms with Crippen LogP contribution in [-0.2, 0) is 19.2 Å². The number of piperidine rings is 1. The van der Waals surface area contributed by atoms with Crippen LogP contribution >= 0.6 is 0 Å². The van der Waals surface area contributed by atoms with Crippen molar-refractivity contribution >= 4 is 59.5 Å². The molecule has 13 heteroatoms. The monoisotopic (exact) mass is 658 g/mol. The number of allylic oxidation sites excluding steroid dienone is 1. The summed E-state index contributed by atoms with van der Waals surface area (Å²) < 4.78 is 13.9. The number of H-pyrrole nitrogens is 1. The molecular weight excluding hydrogens is 619 g/mol. The minimum absolute atomic E-state index is 0.0403. The molecule has 1 aliphatic heterocycles. The number of aromatic amines is 1. The Morgan fingerprint density at radius 1 is 1.02 bits per heavy atom. The highest BCUT2D eigenvalue weighted by Crippen LogP contribution is 2.28. The van der Waals surface area contributed by atoms with Crippen LogP contribution in [0, 0.1) is 26.6 Å². The first-order valence-corrected chi connectivity index (χ1v) is 15.6. The third kappa shape index (κ3) is 8.21. The summed E-state index contributed by atoms with van der Waals surface area (Å²) in [5, 5.41) is 11.0. The molecule has 0 spiro atoms. The van der Waals surface area contributed by atoms with E-state index in [9.17, 15) is 33.2 Å². The predicted octanol–water partition coefficient (Wildman–Crippen LogP) is 4.23. The third-order valence-corrected chi connectivity index (χ3v) is 8.27. The number of imide groups is 2. The van der Waals surface area contributed by atoms with Gasteiger partial charge in [-0.1, -0.05) is 6.07 Å². The van der Waals surface area contributed by atoms with E-state index in [1.165, 1.54) is 18.2 Å². The number of aromatic nitrogens is 1. The number of benzene rings is 2. The van der Waals surface area contributed by atoms with Gasteiger partial charge in [-0.25, -0.2) is 4.39 Å². The van der Waals surface area contributed by atoms with Crippen molar-refractivity contribution in [2.24, 2.45) is 0 Å². The molecule has 1 unspecified atom stereocenters. The van der Waals surface area contributed by atoms with Crippen LogP contribution in [0.25, 0.3) is 11.6 Å². The summed E-state index contributed by atoms with van der Waals surface area (Å²) in [5.74, 6) is -2.40. The Morgan fingerprint density at radius 3 is 2.48 bits per heavy atom. The summed E-state index contributed by atoms with van der Waals surface area (Å²) in [4.78, 5) is 76.9. The van der Waals surface area contributed by atoms with Gasteiger partial charge in [-0.3, -0.25) is 39.0 Å². The van der Waals surface area contributed by atoms with Crippen molar-refractivity contribution in [3.63, 3.8) is 0 Å². The van der Waals surface area contributed by atoms with Crippen LogP contribution < -0.4 is 21.3 Å². The Bertz CT molecular complexity index is 1780. The van der Waals surface area contributed by atoms with E-state index in [-0.39, 0.29) is 24.3 Å². The number of anilines is 2. The molecule has 1 fully saturated rings. The molecular formula is C35H39FN6O6. The lowest BCUT2D eigenvalue weighted by Crippen LogP contribution is -2.53. The number of halogens is 1. The van der Waals surface area contributed by atoms with Crippen molar-refractivity contribution in [2.75, 3.05) is 23.7 Å². The number of nitrogens with one attached hydrogen (secondary N) is 5. The molecule has 12 nitrogen and oxygen atoms in total. The Kier molecular flexibility index (Phi) is 11.6. The van der Waals surface area contributed by atoms with Crippen LogP contribution in [-0.4, -0.2) is 65.5 Å². The standard InChI is InChI=1S/C35H39FN6O6/c1-20-7-9-25(17-27(20)35(48)42(19-44)30-11-12-31(45)41-33(30)46)37-13-5-6-14-38-34(47)32-22(3)29(40-23(32)4)15-21(2)26-16-24(36)8-10-28(26)39-18-43/h7-10,15-19,30,37,40H,5-6,11-14H2,1-4H3,(H,38,47)(H,39,43)(H,41,45,46)/b21-15+. The first-order chi connectivity index (χ1) is 22.9. The fraction of sp³-hybridized carbons (Fsp3) is 0.314. The number of rotatable bonds is 14. The van der Waals surface area contributed by atoms with Crippen LogP contribution in [0.5, 0.6) is 0 Å². The molecule has 1 atom stereocenters. The van der Waals surface area contributed by atoms with Gasteiger partial charge < -0.3 is 20.9 Å². The summed E-state index contributed by atoms with van der Waals surface area (Å²) in [6.07, 6.45) is 4.15. The fourth-order valence-corrected chi connectivity index (χ4v) is 5.67. The average Bonchev–Trinajstić information content (AvgIpc) is 3.33. The minimum atomic E-state index is -1.05. The summed E-state index contributed by atoms with van der Waals surface area (Å²) in [7, 11) is 0. The lowest BCUT2D eigenvalue weighted by atomic mass is 10.0. The van der Waals surface area contributed by atoms with Crippen molar-refractivity contribution < 1.29 is 33.2 Å². The van der Waals surface area contributed by atoms with E-state index in [1.807, 2.05) is 19.1 Å². The molecule has 5 N–H and O–H groups in total. The molecule has 48 heavy (non-hydrogen) atoms. The van der Waals surface area contributed by atoms with Gasteiger partial charge in [0.1, 0.15) is 11.9 Å². The van der Waals surface area contributed by atoms with Crippen LogP contribution in [0.1, 0.15) is 81.4 Å². The molecule has 2 heterocycles. The maximum atomic E-state index is 13.9. The van der Waals surface area contributed by atoms with Crippen molar-refractivity contribution in [3.8, 4) is 0 Å². The van der Waals surface area contributed by atoms with Crippen molar-refractivity contribution in [1.29, 1.82) is 0 Å². The third-order valence-electron chi connectivity index (χ3n) is 8.27. The van der Waals surface area contributed by atoms with Gasteiger partial charge in [0.05, 0.1) is 5.56 Å². The highest BCUT2D eigenvalue weighted by atomic mass is 19.1. The molecule has 0 aliphatic carbocycles. The molecule has 3 aromatic rings. The predicted molar refractivity (Wildman–Crippen MR) is 180 cm³/mol. The van der Waals surface area contributed by atoms with Gasteiger partial charge in [0.25, 0.3) is 11.8 Å². The molecule has 252 valence electrons. The van der Waals surface area contributed by atoms with E-state index in [4.69, 9.17) is 0 Å². The summed E-state index contributed by atoms with van der Waals surface area (Å²) in [5.41, 5.74) is 5.89. The van der Waals surface area contributed by atoms with E-state index >= 15 is 0 Å². The van der Waals surface area contributed by atoms with E-state index in [0.717, 1.165) is 10.5 Å². The van der Waals surface area contributed by atoms with Crippen LogP contribution in [0.3, 0.4) is 0 Å². The Balaban J connectivity index is 1.30. The van der Waals surface area contributed by atoms with E-state index in [0.29, 0.717) is 83.8 Å². The van der Waals surface area contributed by atoms with Crippen LogP contribution in [0.2, 0.25) is 0 Å². The van der Waals surface area contributed by atoms with Gasteiger partial charge in [-0.05, 0) is 100 Å². The topological polar surface area (TPSA) is 170 Å². The van der Waals surface area contributed by atoms with E-state index < -0.39 is 29.6 Å². The zero-order valence-corrected chi connectivity index (χ0v) is 27.3. The molecule has 1 saturated heterocycles. The second kappa shape index (κ2) is 15.8. The second-order valence-corrected chi connectivity index (χ2v) is 11.6. The fourth-order valence-electron chi connectivity index (χ4n) is 5.67. The molecule has 2 aromatic carbocycles.